The Balaban J connectivity index is 2.13. The second-order valence-corrected chi connectivity index (χ2v) is 6.58. The Morgan fingerprint density at radius 1 is 1.15 bits per heavy atom. The number of thioether (sulfide) groups is 1. The molecule has 0 N–H and O–H groups in total. The zero-order valence-corrected chi connectivity index (χ0v) is 13.3. The molecule has 104 valence electrons. The minimum absolute atomic E-state index is 0.474. The number of nitrogens with zero attached hydrogens (tertiary/aromatic N) is 1. The summed E-state index contributed by atoms with van der Waals surface area (Å²) in [7, 11) is 0. The predicted octanol–water partition coefficient (Wildman–Crippen LogP) is 5.08. The molecule has 0 spiro atoms. The molecule has 20 heavy (non-hydrogen) atoms. The van der Waals surface area contributed by atoms with Crippen molar-refractivity contribution in [3.05, 3.63) is 47.3 Å². The summed E-state index contributed by atoms with van der Waals surface area (Å²) < 4.78 is 0. The Kier molecular flexibility index (Phi) is 3.84. The topological polar surface area (TPSA) is 12.9 Å². The Morgan fingerprint density at radius 2 is 2.00 bits per heavy atom. The minimum atomic E-state index is 0.474. The van der Waals surface area contributed by atoms with E-state index in [1.807, 2.05) is 18.0 Å². The lowest BCUT2D eigenvalue weighted by Crippen LogP contribution is -1.95. The number of pyridine rings is 1. The molecule has 3 rings (SSSR count). The van der Waals surface area contributed by atoms with Gasteiger partial charge in [-0.3, -0.25) is 4.98 Å². The van der Waals surface area contributed by atoms with Crippen LogP contribution < -0.4 is 0 Å². The van der Waals surface area contributed by atoms with Crippen LogP contribution in [0.4, 0.5) is 0 Å². The first kappa shape index (κ1) is 13.7. The average molecular weight is 283 g/mol. The predicted molar refractivity (Wildman–Crippen MR) is 87.6 cm³/mol. The highest BCUT2D eigenvalue weighted by molar-refractivity contribution is 7.98. The number of fused-ring (bicyclic) bond motifs is 1. The van der Waals surface area contributed by atoms with Crippen molar-refractivity contribution in [1.82, 2.24) is 4.98 Å². The molecule has 0 bridgehead atoms. The number of aromatic nitrogens is 1. The van der Waals surface area contributed by atoms with Gasteiger partial charge in [0.1, 0.15) is 0 Å². The van der Waals surface area contributed by atoms with Gasteiger partial charge in [0.25, 0.3) is 0 Å². The van der Waals surface area contributed by atoms with Gasteiger partial charge < -0.3 is 0 Å². The van der Waals surface area contributed by atoms with Crippen LogP contribution >= 0.6 is 11.8 Å². The summed E-state index contributed by atoms with van der Waals surface area (Å²) in [6.45, 7) is 4.40. The fraction of sp³-hybridized carbons (Fsp3) is 0.389. The van der Waals surface area contributed by atoms with E-state index in [-0.39, 0.29) is 0 Å². The highest BCUT2D eigenvalue weighted by Gasteiger charge is 2.18. The molecule has 2 aromatic rings. The molecule has 0 radical (unpaired) electrons. The van der Waals surface area contributed by atoms with E-state index in [1.54, 1.807) is 11.1 Å². The summed E-state index contributed by atoms with van der Waals surface area (Å²) in [6.07, 6.45) is 7.93. The fourth-order valence-electron chi connectivity index (χ4n) is 3.02. The third-order valence-electron chi connectivity index (χ3n) is 4.12. The number of hydrogen-bond acceptors (Lipinski definition) is 2. The first-order valence-electron chi connectivity index (χ1n) is 7.35. The Bertz CT molecular complexity index is 631. The standard InChI is InChI=1S/C18H21NS/c1-12(2)17-11-14(9-10-19-17)16-8-7-13-5-4-6-15(13)18(16)20-3/h7-12H,4-6H2,1-3H3. The largest absolute Gasteiger partial charge is 0.261 e. The quantitative estimate of drug-likeness (QED) is 0.728. The summed E-state index contributed by atoms with van der Waals surface area (Å²) in [5.74, 6) is 0.474. The fourth-order valence-corrected chi connectivity index (χ4v) is 3.91. The van der Waals surface area contributed by atoms with Crippen molar-refractivity contribution in [2.75, 3.05) is 6.26 Å². The van der Waals surface area contributed by atoms with Crippen molar-refractivity contribution in [3.8, 4) is 11.1 Å². The summed E-state index contributed by atoms with van der Waals surface area (Å²) >= 11 is 1.89. The molecule has 2 heteroatoms. The molecule has 1 aliphatic carbocycles. The molecule has 0 saturated heterocycles. The van der Waals surface area contributed by atoms with Gasteiger partial charge in [0, 0.05) is 16.8 Å². The number of rotatable bonds is 3. The third-order valence-corrected chi connectivity index (χ3v) is 4.99. The van der Waals surface area contributed by atoms with Gasteiger partial charge in [-0.2, -0.15) is 0 Å². The van der Waals surface area contributed by atoms with Gasteiger partial charge in [-0.25, -0.2) is 0 Å². The van der Waals surface area contributed by atoms with Gasteiger partial charge in [-0.05, 0) is 65.8 Å². The SMILES string of the molecule is CSc1c(-c2ccnc(C(C)C)c2)ccc2c1CCC2. The zero-order valence-electron chi connectivity index (χ0n) is 12.4. The smallest absolute Gasteiger partial charge is 0.0435 e. The van der Waals surface area contributed by atoms with Crippen molar-refractivity contribution >= 4 is 11.8 Å². The van der Waals surface area contributed by atoms with Crippen molar-refractivity contribution in [2.45, 2.75) is 43.9 Å². The molecule has 1 aliphatic rings. The summed E-state index contributed by atoms with van der Waals surface area (Å²) in [4.78, 5) is 5.96. The molecular weight excluding hydrogens is 262 g/mol. The van der Waals surface area contributed by atoms with Crippen LogP contribution in [0.3, 0.4) is 0 Å². The monoisotopic (exact) mass is 283 g/mol. The van der Waals surface area contributed by atoms with E-state index in [2.05, 4.69) is 49.4 Å². The molecule has 1 aromatic heterocycles. The van der Waals surface area contributed by atoms with Crippen LogP contribution in [0, 0.1) is 0 Å². The molecule has 1 nitrogen and oxygen atoms in total. The van der Waals surface area contributed by atoms with Crippen molar-refractivity contribution in [1.29, 1.82) is 0 Å². The number of aryl methyl sites for hydroxylation is 1. The molecule has 0 unspecified atom stereocenters. The Labute approximate surface area is 125 Å². The first-order chi connectivity index (χ1) is 9.70. The average Bonchev–Trinajstić information content (AvgIpc) is 2.94. The maximum Gasteiger partial charge on any atom is 0.0435 e. The molecule has 1 heterocycles. The van der Waals surface area contributed by atoms with Gasteiger partial charge in [-0.1, -0.05) is 26.0 Å². The molecule has 0 saturated carbocycles. The van der Waals surface area contributed by atoms with Gasteiger partial charge >= 0.3 is 0 Å². The van der Waals surface area contributed by atoms with Crippen LogP contribution in [0.2, 0.25) is 0 Å². The lowest BCUT2D eigenvalue weighted by atomic mass is 9.99. The van der Waals surface area contributed by atoms with Crippen LogP contribution in [-0.2, 0) is 12.8 Å². The van der Waals surface area contributed by atoms with Crippen LogP contribution in [0.15, 0.2) is 35.4 Å². The van der Waals surface area contributed by atoms with E-state index in [4.69, 9.17) is 0 Å². The lowest BCUT2D eigenvalue weighted by molar-refractivity contribution is 0.823. The molecule has 0 aliphatic heterocycles. The van der Waals surface area contributed by atoms with Crippen LogP contribution in [0.1, 0.15) is 43.0 Å². The highest BCUT2D eigenvalue weighted by atomic mass is 32.2. The Morgan fingerprint density at radius 3 is 2.75 bits per heavy atom. The van der Waals surface area contributed by atoms with Crippen LogP contribution in [0.5, 0.6) is 0 Å². The zero-order chi connectivity index (χ0) is 14.1. The van der Waals surface area contributed by atoms with E-state index in [9.17, 15) is 0 Å². The molecule has 1 aromatic carbocycles. The molecule has 0 atom stereocenters. The van der Waals surface area contributed by atoms with Gasteiger partial charge in [-0.15, -0.1) is 11.8 Å². The number of benzene rings is 1. The van der Waals surface area contributed by atoms with E-state index < -0.39 is 0 Å². The van der Waals surface area contributed by atoms with Gasteiger partial charge in [0.05, 0.1) is 0 Å². The number of hydrogen-bond donors (Lipinski definition) is 0. The van der Waals surface area contributed by atoms with Crippen molar-refractivity contribution in [2.24, 2.45) is 0 Å². The molecule has 0 amide bonds. The first-order valence-corrected chi connectivity index (χ1v) is 8.58. The van der Waals surface area contributed by atoms with E-state index in [1.165, 1.54) is 41.0 Å². The van der Waals surface area contributed by atoms with Crippen molar-refractivity contribution < 1.29 is 0 Å². The lowest BCUT2D eigenvalue weighted by Gasteiger charge is -2.14. The van der Waals surface area contributed by atoms with E-state index in [0.717, 1.165) is 0 Å². The second-order valence-electron chi connectivity index (χ2n) is 5.76. The van der Waals surface area contributed by atoms with E-state index in [0.29, 0.717) is 5.92 Å². The molecule has 0 fully saturated rings. The second kappa shape index (κ2) is 5.61. The summed E-state index contributed by atoms with van der Waals surface area (Å²) in [5.41, 5.74) is 6.99. The van der Waals surface area contributed by atoms with Crippen molar-refractivity contribution in [3.63, 3.8) is 0 Å². The summed E-state index contributed by atoms with van der Waals surface area (Å²) in [5, 5.41) is 0. The summed E-state index contributed by atoms with van der Waals surface area (Å²) in [6, 6.07) is 9.02. The normalized spacial score (nSPS) is 13.8. The van der Waals surface area contributed by atoms with Crippen LogP contribution in [-0.4, -0.2) is 11.2 Å². The van der Waals surface area contributed by atoms with Gasteiger partial charge in [0.15, 0.2) is 0 Å². The third kappa shape index (κ3) is 2.37. The van der Waals surface area contributed by atoms with E-state index >= 15 is 0 Å². The highest BCUT2D eigenvalue weighted by Crippen LogP contribution is 2.38. The molecular formula is C18H21NS. The maximum atomic E-state index is 4.49. The van der Waals surface area contributed by atoms with Crippen LogP contribution in [0.25, 0.3) is 11.1 Å². The van der Waals surface area contributed by atoms with Gasteiger partial charge in [0.2, 0.25) is 0 Å². The Hall–Kier alpha value is -1.28. The minimum Gasteiger partial charge on any atom is -0.261 e. The maximum absolute atomic E-state index is 4.49.